The average molecular weight is 296 g/mol. The number of Topliss-reactive ketones (excluding diaryl/α,β-unsaturated/α-hetero) is 1. The van der Waals surface area contributed by atoms with Crippen LogP contribution in [0, 0.1) is 0 Å². The maximum atomic E-state index is 12.3. The van der Waals surface area contributed by atoms with Gasteiger partial charge in [0.15, 0.2) is 5.78 Å². The first-order valence-corrected chi connectivity index (χ1v) is 7.76. The number of ketones is 1. The number of nitrogens with zero attached hydrogens (tertiary/aromatic N) is 2. The van der Waals surface area contributed by atoms with Crippen molar-refractivity contribution < 1.29 is 14.3 Å². The molecule has 0 radical (unpaired) electrons. The Morgan fingerprint density at radius 3 is 1.90 bits per heavy atom. The lowest BCUT2D eigenvalue weighted by Crippen LogP contribution is -2.50. The molecule has 0 unspecified atom stereocenters. The molecule has 5 heteroatoms. The lowest BCUT2D eigenvalue weighted by molar-refractivity contribution is -0.140. The average Bonchev–Trinajstić information content (AvgIpc) is 2.38. The van der Waals surface area contributed by atoms with E-state index < -0.39 is 5.97 Å². The molecule has 1 aliphatic heterocycles. The van der Waals surface area contributed by atoms with Crippen LogP contribution in [0.3, 0.4) is 0 Å². The van der Waals surface area contributed by atoms with Crippen molar-refractivity contribution in [2.45, 2.75) is 60.0 Å². The monoisotopic (exact) mass is 296 g/mol. The molecule has 0 saturated carbocycles. The van der Waals surface area contributed by atoms with Crippen LogP contribution in [0.4, 0.5) is 0 Å². The van der Waals surface area contributed by atoms with E-state index in [2.05, 4.69) is 37.5 Å². The Kier molecular flexibility index (Phi) is 6.24. The van der Waals surface area contributed by atoms with Gasteiger partial charge < -0.3 is 14.5 Å². The summed E-state index contributed by atoms with van der Waals surface area (Å²) in [4.78, 5) is 28.6. The van der Waals surface area contributed by atoms with Crippen molar-refractivity contribution in [2.24, 2.45) is 0 Å². The minimum Gasteiger partial charge on any atom is -0.462 e. The van der Waals surface area contributed by atoms with Crippen LogP contribution >= 0.6 is 0 Å². The summed E-state index contributed by atoms with van der Waals surface area (Å²) in [5, 5.41) is 0. The molecule has 21 heavy (non-hydrogen) atoms. The third-order valence-electron chi connectivity index (χ3n) is 3.64. The largest absolute Gasteiger partial charge is 0.462 e. The third kappa shape index (κ3) is 3.99. The lowest BCUT2D eigenvalue weighted by atomic mass is 10.1. The standard InChI is InChI=1S/C16H28N2O3/c1-7-21-16(20)14(13(6)19)15-17(11(2)3)9-8-10-18(15)12(4)5/h11-12H,7-10H2,1-6H3. The highest BCUT2D eigenvalue weighted by molar-refractivity contribution is 6.16. The van der Waals surface area contributed by atoms with Crippen molar-refractivity contribution in [1.29, 1.82) is 0 Å². The highest BCUT2D eigenvalue weighted by Crippen LogP contribution is 2.27. The maximum Gasteiger partial charge on any atom is 0.345 e. The topological polar surface area (TPSA) is 49.9 Å². The van der Waals surface area contributed by atoms with E-state index in [9.17, 15) is 9.59 Å². The molecule has 0 bridgehead atoms. The minimum atomic E-state index is -0.516. The molecule has 5 nitrogen and oxygen atoms in total. The molecule has 0 aromatic carbocycles. The van der Waals surface area contributed by atoms with E-state index in [-0.39, 0.29) is 30.0 Å². The lowest BCUT2D eigenvalue weighted by Gasteiger charge is -2.45. The Morgan fingerprint density at radius 2 is 1.57 bits per heavy atom. The van der Waals surface area contributed by atoms with E-state index in [1.54, 1.807) is 6.92 Å². The van der Waals surface area contributed by atoms with Gasteiger partial charge >= 0.3 is 5.97 Å². The molecule has 120 valence electrons. The molecular formula is C16H28N2O3. The maximum absolute atomic E-state index is 12.3. The van der Waals surface area contributed by atoms with Gasteiger partial charge in [0, 0.05) is 25.2 Å². The Balaban J connectivity index is 3.42. The summed E-state index contributed by atoms with van der Waals surface area (Å²) in [5.41, 5.74) is 0.180. The number of ether oxygens (including phenoxy) is 1. The van der Waals surface area contributed by atoms with Crippen LogP contribution in [-0.2, 0) is 14.3 Å². The van der Waals surface area contributed by atoms with Gasteiger partial charge in [-0.05, 0) is 48.0 Å². The van der Waals surface area contributed by atoms with Crippen molar-refractivity contribution in [3.8, 4) is 0 Å². The summed E-state index contributed by atoms with van der Waals surface area (Å²) in [5.74, 6) is -0.0166. The zero-order chi connectivity index (χ0) is 16.2. The Hall–Kier alpha value is -1.52. The normalized spacial score (nSPS) is 15.7. The molecule has 0 atom stereocenters. The second-order valence-electron chi connectivity index (χ2n) is 5.90. The van der Waals surface area contributed by atoms with E-state index in [0.29, 0.717) is 0 Å². The third-order valence-corrected chi connectivity index (χ3v) is 3.64. The number of rotatable bonds is 5. The van der Waals surface area contributed by atoms with Crippen molar-refractivity contribution in [1.82, 2.24) is 9.80 Å². The van der Waals surface area contributed by atoms with Gasteiger partial charge in [0.1, 0.15) is 11.4 Å². The van der Waals surface area contributed by atoms with Gasteiger partial charge in [0.25, 0.3) is 0 Å². The summed E-state index contributed by atoms with van der Waals surface area (Å²) < 4.78 is 5.10. The molecular weight excluding hydrogens is 268 g/mol. The molecule has 1 rings (SSSR count). The smallest absolute Gasteiger partial charge is 0.345 e. The predicted molar refractivity (Wildman–Crippen MR) is 82.6 cm³/mol. The number of carbonyl (C=O) groups excluding carboxylic acids is 2. The van der Waals surface area contributed by atoms with Gasteiger partial charge in [-0.2, -0.15) is 0 Å². The first kappa shape index (κ1) is 17.5. The molecule has 1 saturated heterocycles. The first-order valence-electron chi connectivity index (χ1n) is 7.76. The van der Waals surface area contributed by atoms with Crippen molar-refractivity contribution in [3.63, 3.8) is 0 Å². The van der Waals surface area contributed by atoms with Crippen LogP contribution in [0.5, 0.6) is 0 Å². The molecule has 0 amide bonds. The number of hydrogen-bond acceptors (Lipinski definition) is 5. The van der Waals surface area contributed by atoms with Crippen molar-refractivity contribution in [2.75, 3.05) is 19.7 Å². The molecule has 1 aliphatic rings. The van der Waals surface area contributed by atoms with Crippen LogP contribution in [0.2, 0.25) is 0 Å². The molecule has 0 spiro atoms. The molecule has 0 N–H and O–H groups in total. The van der Waals surface area contributed by atoms with E-state index >= 15 is 0 Å². The van der Waals surface area contributed by atoms with Crippen molar-refractivity contribution >= 4 is 11.8 Å². The fraction of sp³-hybridized carbons (Fsp3) is 0.750. The zero-order valence-corrected chi connectivity index (χ0v) is 14.1. The fourth-order valence-electron chi connectivity index (χ4n) is 2.68. The van der Waals surface area contributed by atoms with Gasteiger partial charge in [-0.15, -0.1) is 0 Å². The van der Waals surface area contributed by atoms with Crippen LogP contribution in [0.25, 0.3) is 0 Å². The molecule has 1 fully saturated rings. The van der Waals surface area contributed by atoms with E-state index in [1.807, 2.05) is 0 Å². The second kappa shape index (κ2) is 7.48. The number of esters is 1. The van der Waals surface area contributed by atoms with Gasteiger partial charge in [-0.3, -0.25) is 4.79 Å². The summed E-state index contributed by atoms with van der Waals surface area (Å²) in [6.45, 7) is 13.5. The highest BCUT2D eigenvalue weighted by atomic mass is 16.5. The van der Waals surface area contributed by atoms with Gasteiger partial charge in [0.05, 0.1) is 6.61 Å². The van der Waals surface area contributed by atoms with Crippen LogP contribution < -0.4 is 0 Å². The van der Waals surface area contributed by atoms with Gasteiger partial charge in [-0.1, -0.05) is 0 Å². The molecule has 1 heterocycles. The summed E-state index contributed by atoms with van der Waals surface area (Å²) in [6.07, 6.45) is 1.02. The summed E-state index contributed by atoms with van der Waals surface area (Å²) in [7, 11) is 0. The van der Waals surface area contributed by atoms with Crippen LogP contribution in [-0.4, -0.2) is 53.3 Å². The van der Waals surface area contributed by atoms with E-state index in [0.717, 1.165) is 25.3 Å². The first-order chi connectivity index (χ1) is 9.81. The SMILES string of the molecule is CCOC(=O)C(C(C)=O)=C1N(C(C)C)CCCN1C(C)C. The predicted octanol–water partition coefficient (Wildman–Crippen LogP) is 2.17. The summed E-state index contributed by atoms with van der Waals surface area (Å²) >= 11 is 0. The van der Waals surface area contributed by atoms with Crippen LogP contribution in [0.1, 0.15) is 48.0 Å². The molecule has 0 aromatic rings. The fourth-order valence-corrected chi connectivity index (χ4v) is 2.68. The number of carbonyl (C=O) groups is 2. The van der Waals surface area contributed by atoms with Crippen molar-refractivity contribution in [3.05, 3.63) is 11.4 Å². The molecule has 0 aromatic heterocycles. The van der Waals surface area contributed by atoms with Crippen LogP contribution in [0.15, 0.2) is 11.4 Å². The molecule has 0 aliphatic carbocycles. The quantitative estimate of drug-likeness (QED) is 0.337. The van der Waals surface area contributed by atoms with E-state index in [4.69, 9.17) is 4.74 Å². The van der Waals surface area contributed by atoms with E-state index in [1.165, 1.54) is 6.92 Å². The number of hydrogen-bond donors (Lipinski definition) is 0. The summed E-state index contributed by atoms with van der Waals surface area (Å²) in [6, 6.07) is 0.454. The second-order valence-corrected chi connectivity index (χ2v) is 5.90. The Labute approximate surface area is 127 Å². The zero-order valence-electron chi connectivity index (χ0n) is 14.1. The van der Waals surface area contributed by atoms with Gasteiger partial charge in [-0.25, -0.2) is 4.79 Å². The highest BCUT2D eigenvalue weighted by Gasteiger charge is 2.33. The minimum absolute atomic E-state index is 0.180. The Morgan fingerprint density at radius 1 is 1.10 bits per heavy atom. The van der Waals surface area contributed by atoms with Gasteiger partial charge in [0.2, 0.25) is 0 Å². The Bertz CT molecular complexity index is 409.